The lowest BCUT2D eigenvalue weighted by Crippen LogP contribution is -2.17. The maximum absolute atomic E-state index is 13.2. The zero-order chi connectivity index (χ0) is 19.2. The van der Waals surface area contributed by atoms with Crippen molar-refractivity contribution < 1.29 is 26.7 Å². The fourth-order valence-electron chi connectivity index (χ4n) is 2.94. The van der Waals surface area contributed by atoms with Crippen LogP contribution in [-0.2, 0) is 0 Å². The van der Waals surface area contributed by atoms with Gasteiger partial charge in [-0.05, 0) is 37.1 Å². The minimum Gasteiger partial charge on any atom is -0.406 e. The number of hydrogen-bond acceptors (Lipinski definition) is 4. The topological polar surface area (TPSA) is 52.8 Å². The van der Waals surface area contributed by atoms with Crippen molar-refractivity contribution >= 4 is 11.2 Å². The first kappa shape index (κ1) is 17.6. The largest absolute Gasteiger partial charge is 0.573 e. The first-order chi connectivity index (χ1) is 12.8. The highest BCUT2D eigenvalue weighted by Crippen LogP contribution is 2.37. The van der Waals surface area contributed by atoms with E-state index in [1.165, 1.54) is 12.1 Å². The molecule has 1 aromatic carbocycles. The van der Waals surface area contributed by atoms with Crippen LogP contribution in [0.1, 0.15) is 37.6 Å². The van der Waals surface area contributed by atoms with Gasteiger partial charge in [-0.25, -0.2) is 15.0 Å². The Hall–Kier alpha value is -2.78. The number of imidazole rings is 1. The average molecular weight is 384 g/mol. The first-order valence-corrected chi connectivity index (χ1v) is 8.20. The number of fused-ring (bicyclic) bond motifs is 1. The minimum absolute atomic E-state index is 0.00696. The van der Waals surface area contributed by atoms with Crippen LogP contribution in [0.25, 0.3) is 22.4 Å². The van der Waals surface area contributed by atoms with Gasteiger partial charge in [0.2, 0.25) is 0 Å². The number of rotatable bonds is 4. The lowest BCUT2D eigenvalue weighted by Gasteiger charge is -2.24. The van der Waals surface area contributed by atoms with E-state index in [1.54, 1.807) is 0 Å². The van der Waals surface area contributed by atoms with E-state index in [0.717, 1.165) is 37.7 Å². The number of benzene rings is 1. The van der Waals surface area contributed by atoms with Crippen LogP contribution in [0.4, 0.5) is 22.0 Å². The van der Waals surface area contributed by atoms with E-state index in [1.807, 2.05) is 0 Å². The van der Waals surface area contributed by atoms with E-state index in [9.17, 15) is 22.0 Å². The molecule has 5 nitrogen and oxygen atoms in total. The SMILES string of the molecule is FC(F)n1cnc2c(-c3ccc(OC(F)(F)F)cc3)nc(C3CCC3)nc21. The lowest BCUT2D eigenvalue weighted by atomic mass is 9.85. The quantitative estimate of drug-likeness (QED) is 0.591. The molecule has 3 aromatic rings. The molecule has 1 aliphatic rings. The number of ether oxygens (including phenoxy) is 1. The summed E-state index contributed by atoms with van der Waals surface area (Å²) in [6.07, 6.45) is -1.06. The molecule has 0 saturated heterocycles. The van der Waals surface area contributed by atoms with Crippen LogP contribution in [0.5, 0.6) is 5.75 Å². The van der Waals surface area contributed by atoms with Gasteiger partial charge in [0.15, 0.2) is 5.65 Å². The second-order valence-corrected chi connectivity index (χ2v) is 6.23. The number of nitrogens with zero attached hydrogens (tertiary/aromatic N) is 4. The third-order valence-electron chi connectivity index (χ3n) is 4.48. The predicted molar refractivity (Wildman–Crippen MR) is 85.3 cm³/mol. The zero-order valence-corrected chi connectivity index (χ0v) is 13.7. The smallest absolute Gasteiger partial charge is 0.406 e. The Labute approximate surface area is 149 Å². The van der Waals surface area contributed by atoms with Crippen LogP contribution in [0.3, 0.4) is 0 Å². The molecule has 10 heteroatoms. The fourth-order valence-corrected chi connectivity index (χ4v) is 2.94. The summed E-state index contributed by atoms with van der Waals surface area (Å²) >= 11 is 0. The molecule has 2 aromatic heterocycles. The van der Waals surface area contributed by atoms with Gasteiger partial charge in [-0.1, -0.05) is 6.42 Å². The van der Waals surface area contributed by atoms with Crippen molar-refractivity contribution in [3.63, 3.8) is 0 Å². The van der Waals surface area contributed by atoms with Gasteiger partial charge in [-0.15, -0.1) is 13.2 Å². The maximum atomic E-state index is 13.2. The number of hydrogen-bond donors (Lipinski definition) is 0. The summed E-state index contributed by atoms with van der Waals surface area (Å²) in [6, 6.07) is 5.05. The van der Waals surface area contributed by atoms with Crippen LogP contribution >= 0.6 is 0 Å². The molecule has 0 atom stereocenters. The Bertz CT molecular complexity index is 964. The second kappa shape index (κ2) is 6.43. The summed E-state index contributed by atoms with van der Waals surface area (Å²) in [5.74, 6) is 0.151. The second-order valence-electron chi connectivity index (χ2n) is 6.23. The van der Waals surface area contributed by atoms with E-state index in [2.05, 4.69) is 19.7 Å². The zero-order valence-electron chi connectivity index (χ0n) is 13.7. The van der Waals surface area contributed by atoms with E-state index >= 15 is 0 Å². The Morgan fingerprint density at radius 2 is 1.78 bits per heavy atom. The molecule has 0 radical (unpaired) electrons. The van der Waals surface area contributed by atoms with E-state index in [0.29, 0.717) is 21.6 Å². The van der Waals surface area contributed by atoms with Crippen LogP contribution in [0.2, 0.25) is 0 Å². The van der Waals surface area contributed by atoms with Crippen molar-refractivity contribution in [3.05, 3.63) is 36.4 Å². The van der Waals surface area contributed by atoms with Crippen molar-refractivity contribution in [1.82, 2.24) is 19.5 Å². The Balaban J connectivity index is 1.80. The maximum Gasteiger partial charge on any atom is 0.573 e. The third kappa shape index (κ3) is 3.43. The monoisotopic (exact) mass is 384 g/mol. The highest BCUT2D eigenvalue weighted by atomic mass is 19.4. The molecule has 1 fully saturated rings. The van der Waals surface area contributed by atoms with Gasteiger partial charge in [0, 0.05) is 11.5 Å². The van der Waals surface area contributed by atoms with Crippen molar-refractivity contribution in [3.8, 4) is 17.0 Å². The van der Waals surface area contributed by atoms with Crippen LogP contribution in [0, 0.1) is 0 Å². The summed E-state index contributed by atoms with van der Waals surface area (Å²) < 4.78 is 67.9. The highest BCUT2D eigenvalue weighted by molar-refractivity contribution is 5.87. The summed E-state index contributed by atoms with van der Waals surface area (Å²) in [4.78, 5) is 12.7. The first-order valence-electron chi connectivity index (χ1n) is 8.20. The van der Waals surface area contributed by atoms with Gasteiger partial charge >= 0.3 is 12.9 Å². The fraction of sp³-hybridized carbons (Fsp3) is 0.353. The Kier molecular flexibility index (Phi) is 4.20. The lowest BCUT2D eigenvalue weighted by molar-refractivity contribution is -0.274. The summed E-state index contributed by atoms with van der Waals surface area (Å²) in [5, 5.41) is 0. The molecule has 0 spiro atoms. The molecule has 1 aliphatic carbocycles. The normalized spacial score (nSPS) is 15.3. The van der Waals surface area contributed by atoms with E-state index in [-0.39, 0.29) is 22.8 Å². The van der Waals surface area contributed by atoms with Crippen molar-refractivity contribution in [2.75, 3.05) is 0 Å². The predicted octanol–water partition coefficient (Wildman–Crippen LogP) is 5.05. The third-order valence-corrected chi connectivity index (χ3v) is 4.48. The average Bonchev–Trinajstić information content (AvgIpc) is 2.96. The van der Waals surface area contributed by atoms with Crippen molar-refractivity contribution in [2.24, 2.45) is 0 Å². The molecular weight excluding hydrogens is 371 g/mol. The molecule has 27 heavy (non-hydrogen) atoms. The van der Waals surface area contributed by atoms with Crippen molar-refractivity contribution in [2.45, 2.75) is 38.1 Å². The standard InChI is InChI=1S/C17H13F5N4O/c18-16(19)26-8-23-13-12(24-14(25-15(13)26)10-2-1-3-10)9-4-6-11(7-5-9)27-17(20,21)22/h4-8,10,16H,1-3H2. The van der Waals surface area contributed by atoms with Gasteiger partial charge in [0.25, 0.3) is 0 Å². The molecule has 2 heterocycles. The molecule has 142 valence electrons. The summed E-state index contributed by atoms with van der Waals surface area (Å²) in [7, 11) is 0. The van der Waals surface area contributed by atoms with Crippen LogP contribution < -0.4 is 4.74 Å². The van der Waals surface area contributed by atoms with Crippen molar-refractivity contribution in [1.29, 1.82) is 0 Å². The Morgan fingerprint density at radius 3 is 2.33 bits per heavy atom. The van der Waals surface area contributed by atoms with Gasteiger partial charge in [0.1, 0.15) is 29.1 Å². The molecule has 0 N–H and O–H groups in total. The molecule has 0 bridgehead atoms. The molecule has 0 aliphatic heterocycles. The molecular formula is C17H13F5N4O. The number of halogens is 5. The molecule has 4 rings (SSSR count). The highest BCUT2D eigenvalue weighted by Gasteiger charge is 2.31. The Morgan fingerprint density at radius 1 is 1.07 bits per heavy atom. The molecule has 0 amide bonds. The molecule has 0 unspecified atom stereocenters. The van der Waals surface area contributed by atoms with Gasteiger partial charge in [-0.2, -0.15) is 8.78 Å². The van der Waals surface area contributed by atoms with Crippen LogP contribution in [0.15, 0.2) is 30.6 Å². The van der Waals surface area contributed by atoms with Gasteiger partial charge in [-0.3, -0.25) is 4.57 Å². The summed E-state index contributed by atoms with van der Waals surface area (Å²) in [6.45, 7) is -2.81. The summed E-state index contributed by atoms with van der Waals surface area (Å²) in [5.41, 5.74) is 0.923. The minimum atomic E-state index is -4.79. The molecule has 1 saturated carbocycles. The van der Waals surface area contributed by atoms with Crippen LogP contribution in [-0.4, -0.2) is 25.9 Å². The number of aromatic nitrogens is 4. The van der Waals surface area contributed by atoms with Gasteiger partial charge < -0.3 is 4.74 Å². The van der Waals surface area contributed by atoms with Gasteiger partial charge in [0.05, 0.1) is 0 Å². The van der Waals surface area contributed by atoms with E-state index < -0.39 is 12.9 Å². The van der Waals surface area contributed by atoms with E-state index in [4.69, 9.17) is 0 Å². The number of alkyl halides is 5.